The predicted molar refractivity (Wildman–Crippen MR) is 80.2 cm³/mol. The van der Waals surface area contributed by atoms with Crippen LogP contribution in [0, 0.1) is 0 Å². The van der Waals surface area contributed by atoms with Gasteiger partial charge >= 0.3 is 5.97 Å². The summed E-state index contributed by atoms with van der Waals surface area (Å²) in [6, 6.07) is 13.8. The van der Waals surface area contributed by atoms with E-state index in [0.29, 0.717) is 10.9 Å². The SMILES string of the molecule is O=C(O)c1ccc(Cl)cc1Oc1nccc2ccccc12. The van der Waals surface area contributed by atoms with Gasteiger partial charge < -0.3 is 9.84 Å². The highest BCUT2D eigenvalue weighted by Gasteiger charge is 2.14. The Balaban J connectivity index is 2.11. The summed E-state index contributed by atoms with van der Waals surface area (Å²) < 4.78 is 5.69. The summed E-state index contributed by atoms with van der Waals surface area (Å²) in [5.74, 6) is -0.571. The molecule has 1 N–H and O–H groups in total. The summed E-state index contributed by atoms with van der Waals surface area (Å²) in [5, 5.41) is 11.4. The fourth-order valence-corrected chi connectivity index (χ4v) is 2.20. The van der Waals surface area contributed by atoms with E-state index < -0.39 is 5.97 Å². The molecule has 2 aromatic carbocycles. The lowest BCUT2D eigenvalue weighted by Gasteiger charge is -2.10. The first kappa shape index (κ1) is 13.4. The van der Waals surface area contributed by atoms with Crippen LogP contribution >= 0.6 is 11.6 Å². The average Bonchev–Trinajstić information content (AvgIpc) is 2.47. The van der Waals surface area contributed by atoms with Crippen molar-refractivity contribution in [1.29, 1.82) is 0 Å². The van der Waals surface area contributed by atoms with E-state index in [4.69, 9.17) is 16.3 Å². The molecule has 0 bridgehead atoms. The first-order valence-corrected chi connectivity index (χ1v) is 6.57. The number of nitrogens with zero attached hydrogens (tertiary/aromatic N) is 1. The lowest BCUT2D eigenvalue weighted by molar-refractivity contribution is 0.0694. The van der Waals surface area contributed by atoms with Crippen LogP contribution in [0.2, 0.25) is 5.02 Å². The lowest BCUT2D eigenvalue weighted by atomic mass is 10.1. The molecule has 0 saturated carbocycles. The number of benzene rings is 2. The normalized spacial score (nSPS) is 10.5. The number of pyridine rings is 1. The Kier molecular flexibility index (Phi) is 3.46. The van der Waals surface area contributed by atoms with Gasteiger partial charge in [0.05, 0.1) is 0 Å². The van der Waals surface area contributed by atoms with Crippen LogP contribution in [-0.4, -0.2) is 16.1 Å². The Labute approximate surface area is 125 Å². The van der Waals surface area contributed by atoms with E-state index in [9.17, 15) is 9.90 Å². The van der Waals surface area contributed by atoms with Crippen LogP contribution in [0.3, 0.4) is 0 Å². The molecule has 0 amide bonds. The van der Waals surface area contributed by atoms with Gasteiger partial charge in [-0.1, -0.05) is 29.8 Å². The molecular formula is C16H10ClNO3. The maximum Gasteiger partial charge on any atom is 0.339 e. The zero-order valence-electron chi connectivity index (χ0n) is 10.8. The topological polar surface area (TPSA) is 59.4 Å². The Morgan fingerprint density at radius 1 is 1.14 bits per heavy atom. The molecule has 104 valence electrons. The number of fused-ring (bicyclic) bond motifs is 1. The minimum Gasteiger partial charge on any atom is -0.478 e. The van der Waals surface area contributed by atoms with E-state index in [1.54, 1.807) is 6.20 Å². The standard InChI is InChI=1S/C16H10ClNO3/c17-11-5-6-13(16(19)20)14(9-11)21-15-12-4-2-1-3-10(12)7-8-18-15/h1-9H,(H,19,20). The van der Waals surface area contributed by atoms with Gasteiger partial charge in [-0.3, -0.25) is 0 Å². The molecule has 21 heavy (non-hydrogen) atoms. The van der Waals surface area contributed by atoms with Gasteiger partial charge in [0.2, 0.25) is 5.88 Å². The van der Waals surface area contributed by atoms with Crippen molar-refractivity contribution in [2.75, 3.05) is 0 Å². The van der Waals surface area contributed by atoms with Crippen molar-refractivity contribution in [2.24, 2.45) is 0 Å². The van der Waals surface area contributed by atoms with Crippen LogP contribution in [0.25, 0.3) is 10.8 Å². The van der Waals surface area contributed by atoms with Gasteiger partial charge in [-0.25, -0.2) is 9.78 Å². The van der Waals surface area contributed by atoms with Crippen molar-refractivity contribution in [3.63, 3.8) is 0 Å². The fraction of sp³-hybridized carbons (Fsp3) is 0. The zero-order chi connectivity index (χ0) is 14.8. The second-order valence-electron chi connectivity index (χ2n) is 4.38. The van der Waals surface area contributed by atoms with E-state index in [1.807, 2.05) is 30.3 Å². The molecule has 5 heteroatoms. The van der Waals surface area contributed by atoms with Gasteiger partial charge in [-0.2, -0.15) is 0 Å². The maximum atomic E-state index is 11.2. The van der Waals surface area contributed by atoms with Crippen LogP contribution in [-0.2, 0) is 0 Å². The smallest absolute Gasteiger partial charge is 0.339 e. The van der Waals surface area contributed by atoms with Crippen LogP contribution in [0.4, 0.5) is 0 Å². The average molecular weight is 300 g/mol. The minimum atomic E-state index is -1.08. The highest BCUT2D eigenvalue weighted by molar-refractivity contribution is 6.30. The number of halogens is 1. The van der Waals surface area contributed by atoms with Crippen molar-refractivity contribution < 1.29 is 14.6 Å². The number of aromatic carboxylic acids is 1. The molecule has 1 aromatic heterocycles. The number of carbonyl (C=O) groups is 1. The fourth-order valence-electron chi connectivity index (χ4n) is 2.03. The second-order valence-corrected chi connectivity index (χ2v) is 4.82. The van der Waals surface area contributed by atoms with Crippen molar-refractivity contribution in [3.05, 3.63) is 65.3 Å². The number of carboxylic acids is 1. The molecule has 0 unspecified atom stereocenters. The third kappa shape index (κ3) is 2.66. The molecule has 0 aliphatic rings. The van der Waals surface area contributed by atoms with Gasteiger partial charge in [0.1, 0.15) is 11.3 Å². The molecule has 3 rings (SSSR count). The summed E-state index contributed by atoms with van der Waals surface area (Å²) in [6.07, 6.45) is 1.61. The van der Waals surface area contributed by atoms with E-state index in [1.165, 1.54) is 18.2 Å². The highest BCUT2D eigenvalue weighted by Crippen LogP contribution is 2.31. The third-order valence-corrected chi connectivity index (χ3v) is 3.25. The summed E-state index contributed by atoms with van der Waals surface area (Å²) >= 11 is 5.91. The molecule has 4 nitrogen and oxygen atoms in total. The number of rotatable bonds is 3. The number of hydrogen-bond acceptors (Lipinski definition) is 3. The van der Waals surface area contributed by atoms with Gasteiger partial charge in [0.25, 0.3) is 0 Å². The Hall–Kier alpha value is -2.59. The molecular weight excluding hydrogens is 290 g/mol. The first-order chi connectivity index (χ1) is 10.1. The third-order valence-electron chi connectivity index (χ3n) is 3.02. The second kappa shape index (κ2) is 5.42. The Bertz CT molecular complexity index is 827. The van der Waals surface area contributed by atoms with E-state index in [2.05, 4.69) is 4.98 Å². The Morgan fingerprint density at radius 3 is 2.76 bits per heavy atom. The Morgan fingerprint density at radius 2 is 1.95 bits per heavy atom. The largest absolute Gasteiger partial charge is 0.478 e. The molecule has 0 radical (unpaired) electrons. The molecule has 0 spiro atoms. The lowest BCUT2D eigenvalue weighted by Crippen LogP contribution is -2.00. The molecule has 1 heterocycles. The van der Waals surface area contributed by atoms with Gasteiger partial charge in [-0.15, -0.1) is 0 Å². The van der Waals surface area contributed by atoms with E-state index in [-0.39, 0.29) is 11.3 Å². The van der Waals surface area contributed by atoms with Crippen molar-refractivity contribution in [2.45, 2.75) is 0 Å². The number of aromatic nitrogens is 1. The monoisotopic (exact) mass is 299 g/mol. The van der Waals surface area contributed by atoms with Crippen LogP contribution in [0.15, 0.2) is 54.7 Å². The summed E-state index contributed by atoms with van der Waals surface area (Å²) in [6.45, 7) is 0. The zero-order valence-corrected chi connectivity index (χ0v) is 11.5. The molecule has 3 aromatic rings. The molecule has 0 saturated heterocycles. The predicted octanol–water partition coefficient (Wildman–Crippen LogP) is 4.38. The number of ether oxygens (including phenoxy) is 1. The van der Waals surface area contributed by atoms with Gasteiger partial charge in [-0.05, 0) is 29.7 Å². The first-order valence-electron chi connectivity index (χ1n) is 6.19. The molecule has 0 fully saturated rings. The molecule has 0 aliphatic heterocycles. The van der Waals surface area contributed by atoms with E-state index in [0.717, 1.165) is 10.8 Å². The van der Waals surface area contributed by atoms with Gasteiger partial charge in [0.15, 0.2) is 0 Å². The quantitative estimate of drug-likeness (QED) is 0.779. The summed E-state index contributed by atoms with van der Waals surface area (Å²) in [7, 11) is 0. The van der Waals surface area contributed by atoms with Crippen LogP contribution in [0.1, 0.15) is 10.4 Å². The van der Waals surface area contributed by atoms with Crippen LogP contribution < -0.4 is 4.74 Å². The van der Waals surface area contributed by atoms with Crippen molar-refractivity contribution >= 4 is 28.3 Å². The highest BCUT2D eigenvalue weighted by atomic mass is 35.5. The van der Waals surface area contributed by atoms with Crippen LogP contribution in [0.5, 0.6) is 11.6 Å². The molecule has 0 atom stereocenters. The van der Waals surface area contributed by atoms with Crippen molar-refractivity contribution in [3.8, 4) is 11.6 Å². The number of carboxylic acid groups (broad SMARTS) is 1. The summed E-state index contributed by atoms with van der Waals surface area (Å²) in [5.41, 5.74) is 0.0362. The minimum absolute atomic E-state index is 0.0362. The maximum absolute atomic E-state index is 11.2. The summed E-state index contributed by atoms with van der Waals surface area (Å²) in [4.78, 5) is 15.4. The number of hydrogen-bond donors (Lipinski definition) is 1. The van der Waals surface area contributed by atoms with E-state index >= 15 is 0 Å². The van der Waals surface area contributed by atoms with Gasteiger partial charge in [0, 0.05) is 22.7 Å². The van der Waals surface area contributed by atoms with Crippen molar-refractivity contribution in [1.82, 2.24) is 4.98 Å². The molecule has 0 aliphatic carbocycles.